The maximum absolute atomic E-state index is 12.4. The van der Waals surface area contributed by atoms with Gasteiger partial charge in [0.05, 0.1) is 12.2 Å². The highest BCUT2D eigenvalue weighted by molar-refractivity contribution is 7.16. The van der Waals surface area contributed by atoms with E-state index in [9.17, 15) is 19.5 Å². The normalized spacial score (nSPS) is 14.2. The first kappa shape index (κ1) is 18.1. The molecule has 3 rings (SSSR count). The van der Waals surface area contributed by atoms with E-state index in [1.807, 2.05) is 4.98 Å². The van der Waals surface area contributed by atoms with E-state index in [1.165, 1.54) is 11.3 Å². The first-order valence-corrected chi connectivity index (χ1v) is 9.24. The molecule has 26 heavy (non-hydrogen) atoms. The number of nitrogens with one attached hydrogen (secondary N) is 2. The summed E-state index contributed by atoms with van der Waals surface area (Å²) in [5.74, 6) is -1.00. The number of ether oxygens (including phenoxy) is 1. The molecule has 0 radical (unpaired) electrons. The van der Waals surface area contributed by atoms with Crippen LogP contribution in [0.15, 0.2) is 14.6 Å². The lowest BCUT2D eigenvalue weighted by molar-refractivity contribution is 0.0526. The highest BCUT2D eigenvalue weighted by Gasteiger charge is 2.25. The van der Waals surface area contributed by atoms with Gasteiger partial charge in [0.1, 0.15) is 10.6 Å². The summed E-state index contributed by atoms with van der Waals surface area (Å²) in [6, 6.07) is 0. The molecule has 0 aromatic carbocycles. The van der Waals surface area contributed by atoms with Gasteiger partial charge in [0.25, 0.3) is 5.56 Å². The number of aromatic hydroxyl groups is 1. The molecular weight excluding hydrogens is 358 g/mol. The van der Waals surface area contributed by atoms with Crippen LogP contribution in [-0.4, -0.2) is 33.9 Å². The van der Waals surface area contributed by atoms with Crippen LogP contribution in [0.1, 0.15) is 52.5 Å². The number of aromatic nitrogens is 2. The number of fused-ring (bicyclic) bond motifs is 1. The number of hydrogen-bond acceptors (Lipinski definition) is 7. The fraction of sp³-hybridized carbons (Fsp3) is 0.412. The zero-order valence-electron chi connectivity index (χ0n) is 14.3. The molecule has 1 aliphatic rings. The molecule has 0 aliphatic heterocycles. The lowest BCUT2D eigenvalue weighted by atomic mass is 10.1. The van der Waals surface area contributed by atoms with Crippen LogP contribution < -0.4 is 11.2 Å². The molecule has 2 aromatic rings. The van der Waals surface area contributed by atoms with Crippen molar-refractivity contribution >= 4 is 28.5 Å². The minimum atomic E-state index is -0.806. The van der Waals surface area contributed by atoms with Crippen molar-refractivity contribution in [3.05, 3.63) is 42.4 Å². The number of carbonyl (C=O) groups is 1. The second kappa shape index (κ2) is 7.69. The van der Waals surface area contributed by atoms with Gasteiger partial charge in [0.2, 0.25) is 5.88 Å². The molecule has 2 heterocycles. The number of hydrogen-bond donors (Lipinski definition) is 3. The molecule has 3 N–H and O–H groups in total. The number of aromatic amines is 2. The number of esters is 1. The Kier molecular flexibility index (Phi) is 5.36. The van der Waals surface area contributed by atoms with E-state index in [1.54, 1.807) is 6.92 Å². The first-order valence-electron chi connectivity index (χ1n) is 8.42. The number of thiophene rings is 1. The minimum absolute atomic E-state index is 0.178. The van der Waals surface area contributed by atoms with Gasteiger partial charge in [0, 0.05) is 11.1 Å². The van der Waals surface area contributed by atoms with Crippen molar-refractivity contribution in [2.45, 2.75) is 39.0 Å². The van der Waals surface area contributed by atoms with Gasteiger partial charge < -0.3 is 9.84 Å². The van der Waals surface area contributed by atoms with Crippen molar-refractivity contribution in [3.8, 4) is 5.88 Å². The summed E-state index contributed by atoms with van der Waals surface area (Å²) < 4.78 is 5.18. The third kappa shape index (κ3) is 3.62. The molecule has 0 amide bonds. The SMILES string of the molecule is CCOC(=O)c1c(/N=C/c2c(O)[nH]c(=O)[nH]c2=O)sc2c1CCCCC2. The maximum atomic E-state index is 12.4. The Morgan fingerprint density at radius 3 is 2.77 bits per heavy atom. The highest BCUT2D eigenvalue weighted by atomic mass is 32.1. The Bertz CT molecular complexity index is 970. The van der Waals surface area contributed by atoms with Crippen molar-refractivity contribution in [2.75, 3.05) is 6.61 Å². The molecule has 0 fully saturated rings. The van der Waals surface area contributed by atoms with E-state index in [4.69, 9.17) is 4.74 Å². The molecule has 138 valence electrons. The predicted octanol–water partition coefficient (Wildman–Crippen LogP) is 2.03. The summed E-state index contributed by atoms with van der Waals surface area (Å²) in [6.45, 7) is 2.00. The molecule has 2 aromatic heterocycles. The molecule has 8 nitrogen and oxygen atoms in total. The van der Waals surface area contributed by atoms with Gasteiger partial charge >= 0.3 is 11.7 Å². The Hall–Kier alpha value is -2.68. The standard InChI is InChI=1S/C17H19N3O5S/c1-2-25-16(23)12-9-6-4-3-5-7-11(9)26-15(12)18-8-10-13(21)19-17(24)20-14(10)22/h8H,2-7H2,1H3,(H3,19,20,21,22,24)/b18-8+. The summed E-state index contributed by atoms with van der Waals surface area (Å²) in [6.07, 6.45) is 5.99. The fourth-order valence-corrected chi connectivity index (χ4v) is 4.18. The van der Waals surface area contributed by atoms with E-state index >= 15 is 0 Å². The molecule has 0 saturated carbocycles. The van der Waals surface area contributed by atoms with Crippen LogP contribution in [0.5, 0.6) is 5.88 Å². The van der Waals surface area contributed by atoms with Crippen LogP contribution >= 0.6 is 11.3 Å². The minimum Gasteiger partial charge on any atom is -0.494 e. The first-order chi connectivity index (χ1) is 12.5. The fourth-order valence-electron chi connectivity index (χ4n) is 2.96. The van der Waals surface area contributed by atoms with Crippen LogP contribution in [-0.2, 0) is 17.6 Å². The maximum Gasteiger partial charge on any atom is 0.341 e. The third-order valence-electron chi connectivity index (χ3n) is 4.15. The van der Waals surface area contributed by atoms with E-state index in [0.29, 0.717) is 10.6 Å². The van der Waals surface area contributed by atoms with E-state index in [0.717, 1.165) is 48.8 Å². The summed E-state index contributed by atoms with van der Waals surface area (Å²) >= 11 is 1.40. The van der Waals surface area contributed by atoms with Crippen LogP contribution in [0.4, 0.5) is 5.00 Å². The smallest absolute Gasteiger partial charge is 0.341 e. The molecule has 9 heteroatoms. The average Bonchev–Trinajstić information content (AvgIpc) is 2.75. The van der Waals surface area contributed by atoms with Gasteiger partial charge in [0.15, 0.2) is 0 Å². The molecule has 0 unspecified atom stereocenters. The van der Waals surface area contributed by atoms with Gasteiger partial charge in [-0.3, -0.25) is 14.8 Å². The van der Waals surface area contributed by atoms with Crippen molar-refractivity contribution < 1.29 is 14.6 Å². The molecule has 1 aliphatic carbocycles. The Balaban J connectivity index is 2.06. The molecule has 0 spiro atoms. The summed E-state index contributed by atoms with van der Waals surface area (Å²) in [5, 5.41) is 10.2. The second-order valence-corrected chi connectivity index (χ2v) is 6.98. The van der Waals surface area contributed by atoms with Gasteiger partial charge in [-0.05, 0) is 38.2 Å². The van der Waals surface area contributed by atoms with Crippen LogP contribution in [0.25, 0.3) is 0 Å². The predicted molar refractivity (Wildman–Crippen MR) is 98.1 cm³/mol. The zero-order chi connectivity index (χ0) is 18.7. The summed E-state index contributed by atoms with van der Waals surface area (Å²) in [4.78, 5) is 44.9. The monoisotopic (exact) mass is 377 g/mol. The molecule has 0 saturated heterocycles. The van der Waals surface area contributed by atoms with Gasteiger partial charge in [-0.2, -0.15) is 0 Å². The van der Waals surface area contributed by atoms with E-state index in [2.05, 4.69) is 9.98 Å². The molecule has 0 bridgehead atoms. The molecular formula is C17H19N3O5S. The zero-order valence-corrected chi connectivity index (χ0v) is 15.1. The quantitative estimate of drug-likeness (QED) is 0.427. The lowest BCUT2D eigenvalue weighted by Gasteiger charge is -2.05. The largest absolute Gasteiger partial charge is 0.494 e. The Morgan fingerprint density at radius 1 is 1.27 bits per heavy atom. The highest BCUT2D eigenvalue weighted by Crippen LogP contribution is 2.39. The summed E-state index contributed by atoms with van der Waals surface area (Å²) in [7, 11) is 0. The molecule has 0 atom stereocenters. The number of carbonyl (C=O) groups excluding carboxylic acids is 1. The third-order valence-corrected chi connectivity index (χ3v) is 5.35. The van der Waals surface area contributed by atoms with Crippen molar-refractivity contribution in [3.63, 3.8) is 0 Å². The second-order valence-electron chi connectivity index (χ2n) is 5.89. The number of aryl methyl sites for hydroxylation is 1. The topological polar surface area (TPSA) is 125 Å². The Labute approximate surface area is 152 Å². The van der Waals surface area contributed by atoms with E-state index < -0.39 is 23.1 Å². The number of H-pyrrole nitrogens is 2. The number of rotatable bonds is 4. The van der Waals surface area contributed by atoms with Crippen LogP contribution in [0.3, 0.4) is 0 Å². The van der Waals surface area contributed by atoms with Crippen LogP contribution in [0.2, 0.25) is 0 Å². The van der Waals surface area contributed by atoms with Gasteiger partial charge in [-0.15, -0.1) is 11.3 Å². The van der Waals surface area contributed by atoms with E-state index in [-0.39, 0.29) is 12.2 Å². The lowest BCUT2D eigenvalue weighted by Crippen LogP contribution is -2.24. The van der Waals surface area contributed by atoms with Crippen molar-refractivity contribution in [1.29, 1.82) is 0 Å². The number of nitrogens with zero attached hydrogens (tertiary/aromatic N) is 1. The Morgan fingerprint density at radius 2 is 2.04 bits per heavy atom. The average molecular weight is 377 g/mol. The van der Waals surface area contributed by atoms with Crippen molar-refractivity contribution in [1.82, 2.24) is 9.97 Å². The van der Waals surface area contributed by atoms with Gasteiger partial charge in [-0.1, -0.05) is 6.42 Å². The summed E-state index contributed by atoms with van der Waals surface area (Å²) in [5.41, 5.74) is -0.337. The van der Waals surface area contributed by atoms with Gasteiger partial charge in [-0.25, -0.2) is 14.6 Å². The number of aliphatic imine (C=N–C) groups is 1. The van der Waals surface area contributed by atoms with Crippen LogP contribution in [0, 0.1) is 0 Å². The van der Waals surface area contributed by atoms with Crippen molar-refractivity contribution in [2.24, 2.45) is 4.99 Å².